The predicted octanol–water partition coefficient (Wildman–Crippen LogP) is 0.0641. The predicted molar refractivity (Wildman–Crippen MR) is 54.8 cm³/mol. The van der Waals surface area contributed by atoms with Crippen LogP contribution in [0.4, 0.5) is 0 Å². The van der Waals surface area contributed by atoms with Crippen LogP contribution in [0.15, 0.2) is 30.3 Å². The van der Waals surface area contributed by atoms with Gasteiger partial charge in [0, 0.05) is 6.54 Å². The molecule has 0 bridgehead atoms. The van der Waals surface area contributed by atoms with Crippen LogP contribution < -0.4 is 0 Å². The van der Waals surface area contributed by atoms with Crippen LogP contribution in [0.1, 0.15) is 17.9 Å². The average Bonchev–Trinajstić information content (AvgIpc) is 2.54. The highest BCUT2D eigenvalue weighted by molar-refractivity contribution is 5.22. The number of nitrogens with zero attached hydrogens (tertiary/aromatic N) is 1. The molecule has 0 aromatic heterocycles. The molecule has 1 atom stereocenters. The fourth-order valence-corrected chi connectivity index (χ4v) is 2.11. The summed E-state index contributed by atoms with van der Waals surface area (Å²) < 4.78 is 0. The average molecular weight is 209 g/mol. The van der Waals surface area contributed by atoms with E-state index in [1.807, 2.05) is 30.3 Å². The number of hydrogen-bond donors (Lipinski definition) is 3. The standard InChI is InChI=1S/C11H15NO3/c13-8-12-7-6-10(11(12,14)15)9-4-2-1-3-5-9/h1-5,10,13-15H,6-8H2. The van der Waals surface area contributed by atoms with Gasteiger partial charge in [0.2, 0.25) is 5.91 Å². The normalized spacial score (nSPS) is 25.7. The van der Waals surface area contributed by atoms with Gasteiger partial charge in [0.15, 0.2) is 0 Å². The molecule has 1 aliphatic heterocycles. The summed E-state index contributed by atoms with van der Waals surface area (Å²) in [6.07, 6.45) is 0.636. The number of benzene rings is 1. The summed E-state index contributed by atoms with van der Waals surface area (Å²) in [5.41, 5.74) is 0.887. The van der Waals surface area contributed by atoms with Crippen LogP contribution in [-0.4, -0.2) is 39.4 Å². The minimum Gasteiger partial charge on any atom is -0.381 e. The van der Waals surface area contributed by atoms with Crippen LogP contribution >= 0.6 is 0 Å². The smallest absolute Gasteiger partial charge is 0.234 e. The molecule has 1 aromatic carbocycles. The van der Waals surface area contributed by atoms with Gasteiger partial charge in [-0.1, -0.05) is 30.3 Å². The first-order chi connectivity index (χ1) is 7.16. The van der Waals surface area contributed by atoms with Gasteiger partial charge >= 0.3 is 0 Å². The number of aliphatic hydroxyl groups is 3. The van der Waals surface area contributed by atoms with Crippen molar-refractivity contribution in [1.82, 2.24) is 4.90 Å². The van der Waals surface area contributed by atoms with Gasteiger partial charge in [-0.05, 0) is 12.0 Å². The van der Waals surface area contributed by atoms with Crippen LogP contribution in [0.5, 0.6) is 0 Å². The van der Waals surface area contributed by atoms with Gasteiger partial charge < -0.3 is 15.3 Å². The lowest BCUT2D eigenvalue weighted by molar-refractivity contribution is -0.267. The fraction of sp³-hybridized carbons (Fsp3) is 0.455. The third kappa shape index (κ3) is 1.77. The van der Waals surface area contributed by atoms with Gasteiger partial charge in [-0.2, -0.15) is 0 Å². The fourth-order valence-electron chi connectivity index (χ4n) is 2.11. The van der Waals surface area contributed by atoms with E-state index in [1.54, 1.807) is 0 Å². The number of hydrogen-bond acceptors (Lipinski definition) is 4. The lowest BCUT2D eigenvalue weighted by Crippen LogP contribution is -2.47. The molecular formula is C11H15NO3. The van der Waals surface area contributed by atoms with E-state index in [0.717, 1.165) is 5.56 Å². The maximum Gasteiger partial charge on any atom is 0.234 e. The van der Waals surface area contributed by atoms with Gasteiger partial charge in [-0.25, -0.2) is 4.90 Å². The van der Waals surface area contributed by atoms with E-state index in [2.05, 4.69) is 0 Å². The van der Waals surface area contributed by atoms with Crippen LogP contribution in [0.2, 0.25) is 0 Å². The van der Waals surface area contributed by atoms with Crippen molar-refractivity contribution in [2.45, 2.75) is 18.2 Å². The van der Waals surface area contributed by atoms with Crippen molar-refractivity contribution < 1.29 is 15.3 Å². The van der Waals surface area contributed by atoms with Crippen molar-refractivity contribution in [3.05, 3.63) is 35.9 Å². The molecule has 1 fully saturated rings. The minimum absolute atomic E-state index is 0.337. The Kier molecular flexibility index (Phi) is 2.75. The lowest BCUT2D eigenvalue weighted by Gasteiger charge is -2.30. The molecule has 0 amide bonds. The van der Waals surface area contributed by atoms with Gasteiger partial charge in [0.05, 0.1) is 12.6 Å². The Balaban J connectivity index is 2.26. The van der Waals surface area contributed by atoms with Crippen molar-refractivity contribution >= 4 is 0 Å². The molecule has 2 rings (SSSR count). The summed E-state index contributed by atoms with van der Waals surface area (Å²) in [4.78, 5) is 1.25. The van der Waals surface area contributed by atoms with E-state index in [9.17, 15) is 10.2 Å². The Morgan fingerprint density at radius 3 is 2.47 bits per heavy atom. The molecule has 0 saturated carbocycles. The number of aliphatic hydroxyl groups excluding tert-OH is 1. The molecular weight excluding hydrogens is 194 g/mol. The lowest BCUT2D eigenvalue weighted by atomic mass is 9.95. The van der Waals surface area contributed by atoms with Crippen molar-refractivity contribution in [3.63, 3.8) is 0 Å². The van der Waals surface area contributed by atoms with Crippen LogP contribution in [0.3, 0.4) is 0 Å². The maximum atomic E-state index is 9.89. The quantitative estimate of drug-likeness (QED) is 0.603. The summed E-state index contributed by atoms with van der Waals surface area (Å²) in [5, 5.41) is 28.8. The van der Waals surface area contributed by atoms with Gasteiger partial charge in [-0.15, -0.1) is 0 Å². The number of likely N-dealkylation sites (tertiary alicyclic amines) is 1. The molecule has 1 heterocycles. The largest absolute Gasteiger partial charge is 0.381 e. The van der Waals surface area contributed by atoms with Crippen molar-refractivity contribution in [1.29, 1.82) is 0 Å². The van der Waals surface area contributed by atoms with Crippen LogP contribution in [0, 0.1) is 0 Å². The molecule has 3 N–H and O–H groups in total. The van der Waals surface area contributed by atoms with E-state index >= 15 is 0 Å². The van der Waals surface area contributed by atoms with Crippen molar-refractivity contribution in [2.75, 3.05) is 13.3 Å². The van der Waals surface area contributed by atoms with Gasteiger partial charge in [0.1, 0.15) is 0 Å². The zero-order chi connectivity index (χ0) is 10.9. The Morgan fingerprint density at radius 2 is 1.93 bits per heavy atom. The summed E-state index contributed by atoms with van der Waals surface area (Å²) in [6.45, 7) is 0.152. The Labute approximate surface area is 88.4 Å². The van der Waals surface area contributed by atoms with Crippen molar-refractivity contribution in [3.8, 4) is 0 Å². The highest BCUT2D eigenvalue weighted by atomic mass is 16.5. The molecule has 1 saturated heterocycles. The Bertz CT molecular complexity index is 326. The second-order valence-corrected chi connectivity index (χ2v) is 3.84. The first-order valence-electron chi connectivity index (χ1n) is 5.02. The third-order valence-corrected chi connectivity index (χ3v) is 2.99. The highest BCUT2D eigenvalue weighted by Gasteiger charge is 2.46. The minimum atomic E-state index is -1.93. The van der Waals surface area contributed by atoms with Gasteiger partial charge in [0.25, 0.3) is 0 Å². The molecule has 0 aliphatic carbocycles. The van der Waals surface area contributed by atoms with E-state index in [-0.39, 0.29) is 12.6 Å². The summed E-state index contributed by atoms with van der Waals surface area (Å²) in [5.74, 6) is -2.29. The second kappa shape index (κ2) is 3.90. The summed E-state index contributed by atoms with van der Waals surface area (Å²) >= 11 is 0. The maximum absolute atomic E-state index is 9.89. The summed E-state index contributed by atoms with van der Waals surface area (Å²) in [6, 6.07) is 9.36. The molecule has 1 aliphatic rings. The topological polar surface area (TPSA) is 63.9 Å². The van der Waals surface area contributed by atoms with E-state index in [0.29, 0.717) is 13.0 Å². The monoisotopic (exact) mass is 209 g/mol. The molecule has 0 spiro atoms. The van der Waals surface area contributed by atoms with Crippen molar-refractivity contribution in [2.24, 2.45) is 0 Å². The zero-order valence-electron chi connectivity index (χ0n) is 8.37. The molecule has 4 nitrogen and oxygen atoms in total. The Hall–Kier alpha value is -0.940. The van der Waals surface area contributed by atoms with Gasteiger partial charge in [-0.3, -0.25) is 0 Å². The molecule has 82 valence electrons. The first-order valence-corrected chi connectivity index (χ1v) is 5.02. The Morgan fingerprint density at radius 1 is 1.27 bits per heavy atom. The first kappa shape index (κ1) is 10.6. The SMILES string of the molecule is OCN1CCC(c2ccccc2)C1(O)O. The molecule has 15 heavy (non-hydrogen) atoms. The van der Waals surface area contributed by atoms with E-state index in [4.69, 9.17) is 5.11 Å². The van der Waals surface area contributed by atoms with E-state index < -0.39 is 5.91 Å². The number of rotatable bonds is 2. The third-order valence-electron chi connectivity index (χ3n) is 2.99. The van der Waals surface area contributed by atoms with Crippen LogP contribution in [0.25, 0.3) is 0 Å². The molecule has 0 radical (unpaired) electrons. The molecule has 1 unspecified atom stereocenters. The second-order valence-electron chi connectivity index (χ2n) is 3.84. The summed E-state index contributed by atoms with van der Waals surface area (Å²) in [7, 11) is 0. The van der Waals surface area contributed by atoms with E-state index in [1.165, 1.54) is 4.90 Å². The zero-order valence-corrected chi connectivity index (χ0v) is 8.37. The molecule has 1 aromatic rings. The van der Waals surface area contributed by atoms with Crippen LogP contribution in [-0.2, 0) is 0 Å². The highest BCUT2D eigenvalue weighted by Crippen LogP contribution is 2.37. The molecule has 4 heteroatoms.